The molecule has 4 heteroatoms. The molecule has 0 unspecified atom stereocenters. The predicted octanol–water partition coefficient (Wildman–Crippen LogP) is 3.75. The third-order valence-corrected chi connectivity index (χ3v) is 3.72. The van der Waals surface area contributed by atoms with E-state index in [1.165, 1.54) is 0 Å². The fourth-order valence-electron chi connectivity index (χ4n) is 2.35. The molecule has 1 aromatic heterocycles. The summed E-state index contributed by atoms with van der Waals surface area (Å²) < 4.78 is 2.97. The molecule has 0 aliphatic heterocycles. The summed E-state index contributed by atoms with van der Waals surface area (Å²) in [5.41, 5.74) is 2.54. The second-order valence-electron chi connectivity index (χ2n) is 4.59. The van der Waals surface area contributed by atoms with Gasteiger partial charge in [-0.3, -0.25) is 0 Å². The largest absolute Gasteiger partial charge is 0.477 e. The van der Waals surface area contributed by atoms with Crippen LogP contribution in [0.4, 0.5) is 0 Å². The molecule has 1 saturated carbocycles. The Hall–Kier alpha value is -1.29. The maximum absolute atomic E-state index is 11.3. The predicted molar refractivity (Wildman–Crippen MR) is 69.6 cm³/mol. The maximum Gasteiger partial charge on any atom is 0.352 e. The Bertz CT molecular complexity index is 626. The van der Waals surface area contributed by atoms with Crippen LogP contribution >= 0.6 is 15.9 Å². The minimum Gasteiger partial charge on any atom is -0.477 e. The van der Waals surface area contributed by atoms with E-state index in [-0.39, 0.29) is 0 Å². The van der Waals surface area contributed by atoms with E-state index in [0.29, 0.717) is 11.7 Å². The van der Waals surface area contributed by atoms with Crippen LogP contribution in [0.15, 0.2) is 22.7 Å². The number of aryl methyl sites for hydroxylation is 1. The van der Waals surface area contributed by atoms with Gasteiger partial charge >= 0.3 is 5.97 Å². The van der Waals surface area contributed by atoms with E-state index in [1.54, 1.807) is 6.07 Å². The van der Waals surface area contributed by atoms with Crippen LogP contribution in [-0.4, -0.2) is 15.6 Å². The van der Waals surface area contributed by atoms with E-state index in [1.807, 2.05) is 23.6 Å². The maximum atomic E-state index is 11.3. The minimum atomic E-state index is -0.844. The van der Waals surface area contributed by atoms with Gasteiger partial charge in [-0.05, 0) is 43.5 Å². The Morgan fingerprint density at radius 2 is 2.12 bits per heavy atom. The van der Waals surface area contributed by atoms with Crippen molar-refractivity contribution in [1.29, 1.82) is 0 Å². The average Bonchev–Trinajstić information content (AvgIpc) is 2.99. The van der Waals surface area contributed by atoms with Crippen LogP contribution in [-0.2, 0) is 0 Å². The number of carboxylic acids is 1. The summed E-state index contributed by atoms with van der Waals surface area (Å²) in [5.74, 6) is -0.844. The van der Waals surface area contributed by atoms with Crippen LogP contribution in [0.25, 0.3) is 10.9 Å². The molecule has 1 aliphatic carbocycles. The summed E-state index contributed by atoms with van der Waals surface area (Å²) >= 11 is 3.47. The van der Waals surface area contributed by atoms with Gasteiger partial charge in [0.15, 0.2) is 0 Å². The van der Waals surface area contributed by atoms with E-state index in [0.717, 1.165) is 33.8 Å². The summed E-state index contributed by atoms with van der Waals surface area (Å²) in [5, 5.41) is 10.3. The van der Waals surface area contributed by atoms with Crippen LogP contribution in [0.2, 0.25) is 0 Å². The second-order valence-corrected chi connectivity index (χ2v) is 5.51. The highest BCUT2D eigenvalue weighted by Gasteiger charge is 2.29. The van der Waals surface area contributed by atoms with Crippen molar-refractivity contribution in [3.05, 3.63) is 33.9 Å². The van der Waals surface area contributed by atoms with Crippen LogP contribution < -0.4 is 0 Å². The SMILES string of the molecule is Cc1cc(Br)cc2c1cc(C(=O)O)n2C1CC1. The van der Waals surface area contributed by atoms with Gasteiger partial charge in [-0.25, -0.2) is 4.79 Å². The number of benzene rings is 1. The summed E-state index contributed by atoms with van der Waals surface area (Å²) in [4.78, 5) is 11.3. The van der Waals surface area contributed by atoms with Crippen molar-refractivity contribution in [2.45, 2.75) is 25.8 Å². The molecule has 17 heavy (non-hydrogen) atoms. The Kier molecular flexibility index (Phi) is 2.30. The van der Waals surface area contributed by atoms with Crippen LogP contribution in [0.5, 0.6) is 0 Å². The molecule has 1 heterocycles. The summed E-state index contributed by atoms with van der Waals surface area (Å²) in [7, 11) is 0. The number of rotatable bonds is 2. The summed E-state index contributed by atoms with van der Waals surface area (Å²) in [6.07, 6.45) is 2.16. The van der Waals surface area contributed by atoms with Gasteiger partial charge in [0.1, 0.15) is 5.69 Å². The molecule has 88 valence electrons. The monoisotopic (exact) mass is 293 g/mol. The molecule has 0 radical (unpaired) electrons. The Morgan fingerprint density at radius 3 is 2.71 bits per heavy atom. The highest BCUT2D eigenvalue weighted by Crippen LogP contribution is 2.40. The second kappa shape index (κ2) is 3.60. The summed E-state index contributed by atoms with van der Waals surface area (Å²) in [6.45, 7) is 2.01. The average molecular weight is 294 g/mol. The zero-order valence-corrected chi connectivity index (χ0v) is 11.0. The lowest BCUT2D eigenvalue weighted by Gasteiger charge is -2.07. The number of aromatic carboxylic acids is 1. The Labute approximate surface area is 107 Å². The molecule has 2 aromatic rings. The first kappa shape index (κ1) is 10.8. The molecular formula is C13H12BrNO2. The van der Waals surface area contributed by atoms with Gasteiger partial charge in [0.25, 0.3) is 0 Å². The number of halogens is 1. The molecule has 1 fully saturated rings. The van der Waals surface area contributed by atoms with Crippen molar-refractivity contribution in [2.75, 3.05) is 0 Å². The Balaban J connectivity index is 2.38. The van der Waals surface area contributed by atoms with Gasteiger partial charge in [-0.15, -0.1) is 0 Å². The van der Waals surface area contributed by atoms with E-state index < -0.39 is 5.97 Å². The van der Waals surface area contributed by atoms with Crippen molar-refractivity contribution >= 4 is 32.8 Å². The highest BCUT2D eigenvalue weighted by molar-refractivity contribution is 9.10. The van der Waals surface area contributed by atoms with Crippen LogP contribution in [0, 0.1) is 6.92 Å². The van der Waals surface area contributed by atoms with Gasteiger partial charge in [0.2, 0.25) is 0 Å². The normalized spacial score (nSPS) is 15.4. The van der Waals surface area contributed by atoms with Crippen LogP contribution in [0.1, 0.15) is 34.9 Å². The number of hydrogen-bond donors (Lipinski definition) is 1. The van der Waals surface area contributed by atoms with Crippen molar-refractivity contribution in [3.8, 4) is 0 Å². The Morgan fingerprint density at radius 1 is 1.41 bits per heavy atom. The zero-order chi connectivity index (χ0) is 12.2. The lowest BCUT2D eigenvalue weighted by atomic mass is 10.1. The molecule has 0 amide bonds. The number of carbonyl (C=O) groups is 1. The summed E-state index contributed by atoms with van der Waals surface area (Å²) in [6, 6.07) is 6.18. The lowest BCUT2D eigenvalue weighted by Crippen LogP contribution is -2.06. The van der Waals surface area contributed by atoms with Crippen molar-refractivity contribution < 1.29 is 9.90 Å². The zero-order valence-electron chi connectivity index (χ0n) is 9.40. The molecule has 0 spiro atoms. The highest BCUT2D eigenvalue weighted by atomic mass is 79.9. The van der Waals surface area contributed by atoms with Gasteiger partial charge in [-0.1, -0.05) is 15.9 Å². The van der Waals surface area contributed by atoms with Gasteiger partial charge in [-0.2, -0.15) is 0 Å². The molecule has 0 saturated heterocycles. The number of hydrogen-bond acceptors (Lipinski definition) is 1. The molecule has 0 atom stereocenters. The van der Waals surface area contributed by atoms with Crippen LogP contribution in [0.3, 0.4) is 0 Å². The topological polar surface area (TPSA) is 42.2 Å². The number of aromatic nitrogens is 1. The van der Waals surface area contributed by atoms with E-state index >= 15 is 0 Å². The quantitative estimate of drug-likeness (QED) is 0.916. The molecule has 3 nitrogen and oxygen atoms in total. The van der Waals surface area contributed by atoms with Crippen molar-refractivity contribution in [3.63, 3.8) is 0 Å². The smallest absolute Gasteiger partial charge is 0.352 e. The molecule has 0 bridgehead atoms. The number of nitrogens with zero attached hydrogens (tertiary/aromatic N) is 1. The van der Waals surface area contributed by atoms with Gasteiger partial charge < -0.3 is 9.67 Å². The first-order valence-electron chi connectivity index (χ1n) is 5.62. The molecule has 1 N–H and O–H groups in total. The molecule has 3 rings (SSSR count). The van der Waals surface area contributed by atoms with E-state index in [9.17, 15) is 9.90 Å². The standard InChI is InChI=1S/C13H12BrNO2/c1-7-4-8(14)5-11-10(7)6-12(13(16)17)15(11)9-2-3-9/h4-6,9H,2-3H2,1H3,(H,16,17). The lowest BCUT2D eigenvalue weighted by molar-refractivity contribution is 0.0685. The fraction of sp³-hybridized carbons (Fsp3) is 0.308. The van der Waals surface area contributed by atoms with Gasteiger partial charge in [0.05, 0.1) is 5.52 Å². The van der Waals surface area contributed by atoms with Gasteiger partial charge in [0, 0.05) is 15.9 Å². The van der Waals surface area contributed by atoms with E-state index in [4.69, 9.17) is 0 Å². The third kappa shape index (κ3) is 1.67. The van der Waals surface area contributed by atoms with Crippen molar-refractivity contribution in [2.24, 2.45) is 0 Å². The molecule has 1 aliphatic rings. The first-order chi connectivity index (χ1) is 8.08. The van der Waals surface area contributed by atoms with E-state index in [2.05, 4.69) is 15.9 Å². The fourth-order valence-corrected chi connectivity index (χ4v) is 2.91. The molecular weight excluding hydrogens is 282 g/mol. The van der Waals surface area contributed by atoms with Crippen molar-refractivity contribution in [1.82, 2.24) is 4.57 Å². The number of carboxylic acid groups (broad SMARTS) is 1. The first-order valence-corrected chi connectivity index (χ1v) is 6.41. The molecule has 1 aromatic carbocycles. The minimum absolute atomic E-state index is 0.368. The number of fused-ring (bicyclic) bond motifs is 1. The third-order valence-electron chi connectivity index (χ3n) is 3.26.